The van der Waals surface area contributed by atoms with Crippen molar-refractivity contribution in [3.05, 3.63) is 36.0 Å². The van der Waals surface area contributed by atoms with Crippen molar-refractivity contribution in [1.29, 1.82) is 0 Å². The summed E-state index contributed by atoms with van der Waals surface area (Å²) in [5.41, 5.74) is 2.76. The Labute approximate surface area is 103 Å². The highest BCUT2D eigenvalue weighted by molar-refractivity contribution is 5.63. The predicted molar refractivity (Wildman–Crippen MR) is 63.4 cm³/mol. The minimum absolute atomic E-state index is 0.142. The van der Waals surface area contributed by atoms with Gasteiger partial charge in [0.05, 0.1) is 11.9 Å². The lowest BCUT2D eigenvalue weighted by atomic mass is 10.1. The molecule has 0 fully saturated rings. The first-order valence-electron chi connectivity index (χ1n) is 5.43. The van der Waals surface area contributed by atoms with Crippen LogP contribution in [0.5, 0.6) is 5.75 Å². The summed E-state index contributed by atoms with van der Waals surface area (Å²) in [7, 11) is 1.84. The minimum atomic E-state index is -2.80. The minimum Gasteiger partial charge on any atom is -0.435 e. The number of alkyl halides is 2. The molecule has 2 aromatic rings. The smallest absolute Gasteiger partial charge is 0.387 e. The quantitative estimate of drug-likeness (QED) is 0.860. The number of rotatable bonds is 5. The van der Waals surface area contributed by atoms with Gasteiger partial charge in [-0.1, -0.05) is 0 Å². The Kier molecular flexibility index (Phi) is 3.88. The Morgan fingerprint density at radius 3 is 2.67 bits per heavy atom. The molecule has 0 radical (unpaired) electrons. The van der Waals surface area contributed by atoms with E-state index >= 15 is 0 Å². The van der Waals surface area contributed by atoms with Crippen LogP contribution >= 0.6 is 0 Å². The molecule has 1 aromatic heterocycles. The van der Waals surface area contributed by atoms with E-state index in [4.69, 9.17) is 0 Å². The van der Waals surface area contributed by atoms with Gasteiger partial charge in [-0.05, 0) is 31.3 Å². The van der Waals surface area contributed by atoms with E-state index in [1.807, 2.05) is 7.05 Å². The van der Waals surface area contributed by atoms with Crippen LogP contribution in [-0.2, 0) is 6.54 Å². The highest BCUT2D eigenvalue weighted by Gasteiger charge is 2.08. The first-order valence-corrected chi connectivity index (χ1v) is 5.43. The Hall–Kier alpha value is -1.95. The molecule has 0 spiro atoms. The van der Waals surface area contributed by atoms with Gasteiger partial charge in [0, 0.05) is 17.7 Å². The number of H-pyrrole nitrogens is 1. The van der Waals surface area contributed by atoms with Gasteiger partial charge >= 0.3 is 6.61 Å². The molecule has 0 aliphatic rings. The maximum absolute atomic E-state index is 12.0. The van der Waals surface area contributed by atoms with Crippen molar-refractivity contribution >= 4 is 0 Å². The van der Waals surface area contributed by atoms with Crippen molar-refractivity contribution in [2.45, 2.75) is 13.2 Å². The molecule has 0 saturated carbocycles. The van der Waals surface area contributed by atoms with Crippen LogP contribution < -0.4 is 10.1 Å². The molecule has 18 heavy (non-hydrogen) atoms. The van der Waals surface area contributed by atoms with Gasteiger partial charge < -0.3 is 10.1 Å². The Morgan fingerprint density at radius 1 is 1.33 bits per heavy atom. The maximum atomic E-state index is 12.0. The normalized spacial score (nSPS) is 10.9. The summed E-state index contributed by atoms with van der Waals surface area (Å²) in [6, 6.07) is 6.44. The van der Waals surface area contributed by atoms with Crippen molar-refractivity contribution in [2.24, 2.45) is 0 Å². The molecule has 0 bridgehead atoms. The fourth-order valence-corrected chi connectivity index (χ4v) is 1.69. The van der Waals surface area contributed by atoms with E-state index in [1.165, 1.54) is 12.1 Å². The lowest BCUT2D eigenvalue weighted by Crippen LogP contribution is -2.05. The number of ether oxygens (including phenoxy) is 1. The molecule has 0 amide bonds. The van der Waals surface area contributed by atoms with E-state index in [9.17, 15) is 8.78 Å². The average Bonchev–Trinajstić information content (AvgIpc) is 2.78. The van der Waals surface area contributed by atoms with Crippen molar-refractivity contribution in [2.75, 3.05) is 7.05 Å². The van der Waals surface area contributed by atoms with Gasteiger partial charge in [0.15, 0.2) is 0 Å². The predicted octanol–water partition coefficient (Wildman–Crippen LogP) is 2.40. The second kappa shape index (κ2) is 5.59. The summed E-state index contributed by atoms with van der Waals surface area (Å²) in [5, 5.41) is 9.89. The SMILES string of the molecule is CNCc1cn[nH]c1-c1ccc(OC(F)F)cc1. The molecule has 1 heterocycles. The van der Waals surface area contributed by atoms with Gasteiger partial charge in [-0.25, -0.2) is 0 Å². The molecule has 0 unspecified atom stereocenters. The van der Waals surface area contributed by atoms with Crippen LogP contribution in [0.1, 0.15) is 5.56 Å². The van der Waals surface area contributed by atoms with Crippen LogP contribution in [0.2, 0.25) is 0 Å². The summed E-state index contributed by atoms with van der Waals surface area (Å²) in [6.07, 6.45) is 1.73. The zero-order valence-electron chi connectivity index (χ0n) is 9.78. The first kappa shape index (κ1) is 12.5. The van der Waals surface area contributed by atoms with Gasteiger partial charge in [-0.15, -0.1) is 0 Å². The number of nitrogens with one attached hydrogen (secondary N) is 2. The summed E-state index contributed by atoms with van der Waals surface area (Å²) in [6.45, 7) is -2.12. The largest absolute Gasteiger partial charge is 0.435 e. The fourth-order valence-electron chi connectivity index (χ4n) is 1.69. The second-order valence-corrected chi connectivity index (χ2v) is 3.70. The monoisotopic (exact) mass is 253 g/mol. The summed E-state index contributed by atoms with van der Waals surface area (Å²) in [4.78, 5) is 0. The van der Waals surface area contributed by atoms with Crippen LogP contribution in [0.25, 0.3) is 11.3 Å². The van der Waals surface area contributed by atoms with Gasteiger partial charge in [-0.3, -0.25) is 5.10 Å². The van der Waals surface area contributed by atoms with E-state index in [1.54, 1.807) is 18.3 Å². The Bertz CT molecular complexity index is 496. The van der Waals surface area contributed by atoms with Crippen LogP contribution in [0, 0.1) is 0 Å². The number of benzene rings is 1. The van der Waals surface area contributed by atoms with Gasteiger partial charge in [-0.2, -0.15) is 13.9 Å². The molecule has 2 N–H and O–H groups in total. The van der Waals surface area contributed by atoms with E-state index in [-0.39, 0.29) is 5.75 Å². The number of aromatic nitrogens is 2. The average molecular weight is 253 g/mol. The van der Waals surface area contributed by atoms with E-state index in [0.717, 1.165) is 16.8 Å². The van der Waals surface area contributed by atoms with Crippen LogP contribution in [-0.4, -0.2) is 23.9 Å². The number of hydrogen-bond acceptors (Lipinski definition) is 3. The van der Waals surface area contributed by atoms with E-state index in [0.29, 0.717) is 6.54 Å². The zero-order chi connectivity index (χ0) is 13.0. The van der Waals surface area contributed by atoms with Crippen molar-refractivity contribution in [3.8, 4) is 17.0 Å². The lowest BCUT2D eigenvalue weighted by Gasteiger charge is -2.06. The Balaban J connectivity index is 2.20. The van der Waals surface area contributed by atoms with Crippen molar-refractivity contribution in [1.82, 2.24) is 15.5 Å². The number of hydrogen-bond donors (Lipinski definition) is 2. The topological polar surface area (TPSA) is 49.9 Å². The second-order valence-electron chi connectivity index (χ2n) is 3.70. The summed E-state index contributed by atoms with van der Waals surface area (Å²) in [5.74, 6) is 0.142. The van der Waals surface area contributed by atoms with Crippen LogP contribution in [0.15, 0.2) is 30.5 Å². The molecule has 6 heteroatoms. The van der Waals surface area contributed by atoms with Crippen LogP contribution in [0.3, 0.4) is 0 Å². The first-order chi connectivity index (χ1) is 8.70. The molecule has 0 atom stereocenters. The van der Waals surface area contributed by atoms with Gasteiger partial charge in [0.2, 0.25) is 0 Å². The highest BCUT2D eigenvalue weighted by Crippen LogP contribution is 2.24. The third-order valence-electron chi connectivity index (χ3n) is 2.45. The Morgan fingerprint density at radius 2 is 2.06 bits per heavy atom. The molecule has 0 saturated heterocycles. The third kappa shape index (κ3) is 2.84. The molecule has 0 aliphatic carbocycles. The molecule has 4 nitrogen and oxygen atoms in total. The van der Waals surface area contributed by atoms with E-state index in [2.05, 4.69) is 20.3 Å². The third-order valence-corrected chi connectivity index (χ3v) is 2.45. The van der Waals surface area contributed by atoms with Gasteiger partial charge in [0.25, 0.3) is 0 Å². The lowest BCUT2D eigenvalue weighted by molar-refractivity contribution is -0.0498. The zero-order valence-corrected chi connectivity index (χ0v) is 9.78. The molecule has 0 aliphatic heterocycles. The molecule has 96 valence electrons. The highest BCUT2D eigenvalue weighted by atomic mass is 19.3. The van der Waals surface area contributed by atoms with E-state index < -0.39 is 6.61 Å². The number of halogens is 2. The van der Waals surface area contributed by atoms with Crippen molar-refractivity contribution in [3.63, 3.8) is 0 Å². The maximum Gasteiger partial charge on any atom is 0.387 e. The van der Waals surface area contributed by atoms with Crippen LogP contribution in [0.4, 0.5) is 8.78 Å². The molecular weight excluding hydrogens is 240 g/mol. The summed E-state index contributed by atoms with van der Waals surface area (Å²) < 4.78 is 28.3. The van der Waals surface area contributed by atoms with Gasteiger partial charge in [0.1, 0.15) is 5.75 Å². The standard InChI is InChI=1S/C12H13F2N3O/c1-15-6-9-7-16-17-11(9)8-2-4-10(5-3-8)18-12(13)14/h2-5,7,12,15H,6H2,1H3,(H,16,17). The summed E-state index contributed by atoms with van der Waals surface area (Å²) >= 11 is 0. The fraction of sp³-hybridized carbons (Fsp3) is 0.250. The molecular formula is C12H13F2N3O. The number of aromatic amines is 1. The molecule has 2 rings (SSSR count). The van der Waals surface area contributed by atoms with Crippen molar-refractivity contribution < 1.29 is 13.5 Å². The molecule has 1 aromatic carbocycles. The number of nitrogens with zero attached hydrogens (tertiary/aromatic N) is 1.